The molecule has 0 radical (unpaired) electrons. The monoisotopic (exact) mass is 276 g/mol. The van der Waals surface area contributed by atoms with Gasteiger partial charge in [-0.15, -0.1) is 11.3 Å². The Hall–Kier alpha value is -1.31. The molecule has 19 heavy (non-hydrogen) atoms. The van der Waals surface area contributed by atoms with Gasteiger partial charge in [-0.05, 0) is 39.2 Å². The molecule has 1 aromatic rings. The Bertz CT molecular complexity index is 502. The van der Waals surface area contributed by atoms with Crippen molar-refractivity contribution in [2.45, 2.75) is 45.2 Å². The summed E-state index contributed by atoms with van der Waals surface area (Å²) in [6.07, 6.45) is 3.41. The molecule has 2 heterocycles. The summed E-state index contributed by atoms with van der Waals surface area (Å²) in [5.41, 5.74) is 6.11. The molecule has 4 heteroatoms. The van der Waals surface area contributed by atoms with Gasteiger partial charge >= 0.3 is 0 Å². The van der Waals surface area contributed by atoms with E-state index in [4.69, 9.17) is 5.73 Å². The van der Waals surface area contributed by atoms with Gasteiger partial charge in [0, 0.05) is 17.5 Å². The molecule has 1 aromatic heterocycles. The van der Waals surface area contributed by atoms with Gasteiger partial charge in [-0.3, -0.25) is 4.79 Å². The maximum atomic E-state index is 12.6. The average Bonchev–Trinajstić information content (AvgIpc) is 2.84. The molecule has 0 aromatic carbocycles. The van der Waals surface area contributed by atoms with E-state index in [1.807, 2.05) is 16.3 Å². The largest absolute Gasteiger partial charge is 0.333 e. The van der Waals surface area contributed by atoms with Crippen LogP contribution in [0.2, 0.25) is 0 Å². The van der Waals surface area contributed by atoms with Crippen molar-refractivity contribution in [3.05, 3.63) is 21.9 Å². The van der Waals surface area contributed by atoms with Gasteiger partial charge in [0.05, 0.1) is 17.0 Å². The van der Waals surface area contributed by atoms with E-state index in [0.717, 1.165) is 23.3 Å². The highest BCUT2D eigenvalue weighted by molar-refractivity contribution is 7.10. The fourth-order valence-electron chi connectivity index (χ4n) is 2.62. The highest BCUT2D eigenvalue weighted by atomic mass is 32.1. The van der Waals surface area contributed by atoms with Crippen molar-refractivity contribution < 1.29 is 4.79 Å². The van der Waals surface area contributed by atoms with Crippen LogP contribution in [-0.2, 0) is 0 Å². The zero-order valence-corrected chi connectivity index (χ0v) is 12.3. The number of likely N-dealkylation sites (tertiary alicyclic amines) is 1. The third-order valence-electron chi connectivity index (χ3n) is 3.59. The van der Waals surface area contributed by atoms with Crippen LogP contribution in [0, 0.1) is 11.8 Å². The van der Waals surface area contributed by atoms with Crippen molar-refractivity contribution in [3.63, 3.8) is 0 Å². The van der Waals surface area contributed by atoms with Crippen LogP contribution in [0.15, 0.2) is 11.4 Å². The van der Waals surface area contributed by atoms with Gasteiger partial charge in [-0.25, -0.2) is 0 Å². The van der Waals surface area contributed by atoms with Gasteiger partial charge in [0.1, 0.15) is 0 Å². The maximum absolute atomic E-state index is 12.6. The van der Waals surface area contributed by atoms with Crippen LogP contribution < -0.4 is 5.73 Å². The van der Waals surface area contributed by atoms with E-state index in [9.17, 15) is 4.79 Å². The summed E-state index contributed by atoms with van der Waals surface area (Å²) in [6.45, 7) is 4.62. The molecule has 102 valence electrons. The molecule has 2 N–H and O–H groups in total. The van der Waals surface area contributed by atoms with Crippen LogP contribution >= 0.6 is 11.3 Å². The predicted molar refractivity (Wildman–Crippen MR) is 79.2 cm³/mol. The summed E-state index contributed by atoms with van der Waals surface area (Å²) in [7, 11) is 0. The van der Waals surface area contributed by atoms with Gasteiger partial charge in [0.2, 0.25) is 0 Å². The minimum Gasteiger partial charge on any atom is -0.333 e. The predicted octanol–water partition coefficient (Wildman–Crippen LogP) is 2.46. The average molecular weight is 276 g/mol. The molecule has 3 nitrogen and oxygen atoms in total. The van der Waals surface area contributed by atoms with Gasteiger partial charge in [0.25, 0.3) is 5.91 Å². The van der Waals surface area contributed by atoms with Crippen LogP contribution in [0.1, 0.15) is 48.3 Å². The lowest BCUT2D eigenvalue weighted by Gasteiger charge is -2.38. The first-order valence-electron chi connectivity index (χ1n) is 6.73. The topological polar surface area (TPSA) is 46.3 Å². The maximum Gasteiger partial charge on any atom is 0.255 e. The first-order valence-corrected chi connectivity index (χ1v) is 7.61. The van der Waals surface area contributed by atoms with Crippen molar-refractivity contribution >= 4 is 17.2 Å². The van der Waals surface area contributed by atoms with Crippen LogP contribution in [0.5, 0.6) is 0 Å². The summed E-state index contributed by atoms with van der Waals surface area (Å²) >= 11 is 1.51. The molecule has 2 unspecified atom stereocenters. The van der Waals surface area contributed by atoms with Crippen LogP contribution in [0.25, 0.3) is 0 Å². The van der Waals surface area contributed by atoms with Crippen LogP contribution in [0.4, 0.5) is 0 Å². The summed E-state index contributed by atoms with van der Waals surface area (Å²) in [5.74, 6) is 5.93. The number of hydrogen-bond donors (Lipinski definition) is 1. The second-order valence-electron chi connectivity index (χ2n) is 5.05. The zero-order valence-electron chi connectivity index (χ0n) is 11.5. The number of piperidine rings is 1. The Morgan fingerprint density at radius 3 is 2.79 bits per heavy atom. The van der Waals surface area contributed by atoms with Gasteiger partial charge < -0.3 is 10.6 Å². The van der Waals surface area contributed by atoms with Gasteiger partial charge in [-0.1, -0.05) is 11.8 Å². The third kappa shape index (κ3) is 3.17. The second kappa shape index (κ2) is 6.23. The molecule has 1 amide bonds. The Kier molecular flexibility index (Phi) is 4.62. The Morgan fingerprint density at radius 2 is 2.16 bits per heavy atom. The molecular weight excluding hydrogens is 256 g/mol. The summed E-state index contributed by atoms with van der Waals surface area (Å²) in [4.78, 5) is 15.5. The second-order valence-corrected chi connectivity index (χ2v) is 5.96. The van der Waals surface area contributed by atoms with Crippen molar-refractivity contribution in [2.75, 3.05) is 6.54 Å². The van der Waals surface area contributed by atoms with Crippen molar-refractivity contribution in [1.82, 2.24) is 4.90 Å². The standard InChI is InChI=1S/C15H20N2OS/c1-11-5-3-6-12(2)17(11)15(18)13-9-14(19-10-13)7-4-8-16/h9-12H,3,5-6,8,16H2,1-2H3. The minimum absolute atomic E-state index is 0.136. The summed E-state index contributed by atoms with van der Waals surface area (Å²) in [6, 6.07) is 2.54. The summed E-state index contributed by atoms with van der Waals surface area (Å²) in [5, 5.41) is 1.90. The quantitative estimate of drug-likeness (QED) is 0.801. The van der Waals surface area contributed by atoms with Gasteiger partial charge in [-0.2, -0.15) is 0 Å². The molecule has 1 fully saturated rings. The molecule has 0 saturated carbocycles. The lowest BCUT2D eigenvalue weighted by Crippen LogP contribution is -2.47. The number of hydrogen-bond acceptors (Lipinski definition) is 3. The highest BCUT2D eigenvalue weighted by Gasteiger charge is 2.29. The van der Waals surface area contributed by atoms with E-state index in [1.165, 1.54) is 17.8 Å². The molecule has 1 saturated heterocycles. The van der Waals surface area contributed by atoms with Gasteiger partial charge in [0.15, 0.2) is 0 Å². The fraction of sp³-hybridized carbons (Fsp3) is 0.533. The smallest absolute Gasteiger partial charge is 0.255 e. The molecule has 0 spiro atoms. The number of nitrogens with zero attached hydrogens (tertiary/aromatic N) is 1. The highest BCUT2D eigenvalue weighted by Crippen LogP contribution is 2.26. The van der Waals surface area contributed by atoms with E-state index in [0.29, 0.717) is 18.6 Å². The number of rotatable bonds is 1. The third-order valence-corrected chi connectivity index (χ3v) is 4.43. The lowest BCUT2D eigenvalue weighted by molar-refractivity contribution is 0.0511. The van der Waals surface area contributed by atoms with Crippen molar-refractivity contribution in [1.29, 1.82) is 0 Å². The minimum atomic E-state index is 0.136. The molecular formula is C15H20N2OS. The first kappa shape index (κ1) is 14.1. The molecule has 1 aliphatic heterocycles. The van der Waals surface area contributed by atoms with E-state index >= 15 is 0 Å². The van der Waals surface area contributed by atoms with E-state index in [1.54, 1.807) is 0 Å². The molecule has 2 rings (SSSR count). The number of carbonyl (C=O) groups is 1. The van der Waals surface area contributed by atoms with E-state index in [2.05, 4.69) is 25.7 Å². The summed E-state index contributed by atoms with van der Waals surface area (Å²) < 4.78 is 0. The number of nitrogens with two attached hydrogens (primary N) is 1. The zero-order chi connectivity index (χ0) is 13.8. The van der Waals surface area contributed by atoms with Crippen molar-refractivity contribution in [3.8, 4) is 11.8 Å². The van der Waals surface area contributed by atoms with Crippen LogP contribution in [0.3, 0.4) is 0 Å². The SMILES string of the molecule is CC1CCCC(C)N1C(=O)c1csc(C#CCN)c1. The van der Waals surface area contributed by atoms with E-state index in [-0.39, 0.29) is 5.91 Å². The Labute approximate surface area is 118 Å². The Balaban J connectivity index is 2.16. The molecule has 1 aliphatic rings. The fourth-order valence-corrected chi connectivity index (χ4v) is 3.37. The normalized spacial score (nSPS) is 22.8. The number of thiophene rings is 1. The molecule has 0 aliphatic carbocycles. The lowest BCUT2D eigenvalue weighted by atomic mass is 9.97. The number of amides is 1. The molecule has 2 atom stereocenters. The van der Waals surface area contributed by atoms with Crippen LogP contribution in [-0.4, -0.2) is 29.4 Å². The van der Waals surface area contributed by atoms with E-state index < -0.39 is 0 Å². The Morgan fingerprint density at radius 1 is 1.47 bits per heavy atom. The first-order chi connectivity index (χ1) is 9.13. The molecule has 0 bridgehead atoms. The van der Waals surface area contributed by atoms with Crippen molar-refractivity contribution in [2.24, 2.45) is 5.73 Å². The number of carbonyl (C=O) groups excluding carboxylic acids is 1.